The minimum atomic E-state index is -2.90. The zero-order chi connectivity index (χ0) is 14.8. The van der Waals surface area contributed by atoms with Crippen molar-refractivity contribution in [3.05, 3.63) is 34.3 Å². The fraction of sp³-hybridized carbons (Fsp3) is 0.467. The molecule has 1 unspecified atom stereocenters. The number of rotatable bonds is 4. The number of aryl methyl sites for hydroxylation is 1. The standard InChI is InChI=1S/C15H18ClNO2S/c1-3-7-17(15-6-8-20(18,19)11-15)10-13-4-5-14(16)9-12(13)2/h1,4-5,9,15H,6-8,10-11H2,2H3. The zero-order valence-electron chi connectivity index (χ0n) is 11.5. The van der Waals surface area contributed by atoms with Gasteiger partial charge in [-0.3, -0.25) is 4.90 Å². The van der Waals surface area contributed by atoms with E-state index in [-0.39, 0.29) is 17.5 Å². The molecule has 1 fully saturated rings. The van der Waals surface area contributed by atoms with Gasteiger partial charge >= 0.3 is 0 Å². The first-order valence-corrected chi connectivity index (χ1v) is 8.74. The Kier molecular flexibility index (Phi) is 4.74. The molecule has 108 valence electrons. The second-order valence-electron chi connectivity index (χ2n) is 5.24. The number of terminal acetylenes is 1. The third kappa shape index (κ3) is 3.76. The molecule has 3 nitrogen and oxygen atoms in total. The molecule has 2 rings (SSSR count). The summed E-state index contributed by atoms with van der Waals surface area (Å²) in [6.07, 6.45) is 6.08. The molecule has 1 aliphatic heterocycles. The van der Waals surface area contributed by atoms with Gasteiger partial charge in [0.05, 0.1) is 18.1 Å². The minimum Gasteiger partial charge on any atom is -0.284 e. The van der Waals surface area contributed by atoms with Crippen LogP contribution < -0.4 is 0 Å². The summed E-state index contributed by atoms with van der Waals surface area (Å²) >= 11 is 5.95. The maximum absolute atomic E-state index is 11.6. The van der Waals surface area contributed by atoms with E-state index in [0.717, 1.165) is 11.1 Å². The molecule has 1 heterocycles. The lowest BCUT2D eigenvalue weighted by atomic mass is 10.1. The van der Waals surface area contributed by atoms with Crippen molar-refractivity contribution in [1.29, 1.82) is 0 Å². The van der Waals surface area contributed by atoms with Crippen LogP contribution in [0.25, 0.3) is 0 Å². The molecule has 0 aliphatic carbocycles. The Bertz CT molecular complexity index is 634. The van der Waals surface area contributed by atoms with Crippen LogP contribution in [-0.4, -0.2) is 37.4 Å². The first-order valence-electron chi connectivity index (χ1n) is 6.54. The largest absolute Gasteiger partial charge is 0.284 e. The maximum Gasteiger partial charge on any atom is 0.151 e. The number of benzene rings is 1. The Labute approximate surface area is 125 Å². The van der Waals surface area contributed by atoms with Crippen LogP contribution in [0.15, 0.2) is 18.2 Å². The number of nitrogens with zero attached hydrogens (tertiary/aromatic N) is 1. The van der Waals surface area contributed by atoms with Crippen LogP contribution in [0, 0.1) is 19.3 Å². The van der Waals surface area contributed by atoms with Crippen LogP contribution >= 0.6 is 11.6 Å². The van der Waals surface area contributed by atoms with Crippen molar-refractivity contribution in [3.63, 3.8) is 0 Å². The van der Waals surface area contributed by atoms with Crippen LogP contribution in [0.4, 0.5) is 0 Å². The van der Waals surface area contributed by atoms with E-state index in [1.165, 1.54) is 0 Å². The van der Waals surface area contributed by atoms with Gasteiger partial charge < -0.3 is 0 Å². The van der Waals surface area contributed by atoms with Gasteiger partial charge in [-0.25, -0.2) is 8.42 Å². The van der Waals surface area contributed by atoms with Crippen molar-refractivity contribution >= 4 is 21.4 Å². The SMILES string of the molecule is C#CCN(Cc1ccc(Cl)cc1C)C1CCS(=O)(=O)C1. The van der Waals surface area contributed by atoms with Crippen LogP contribution in [-0.2, 0) is 16.4 Å². The van der Waals surface area contributed by atoms with Crippen molar-refractivity contribution in [2.24, 2.45) is 0 Å². The number of hydrogen-bond donors (Lipinski definition) is 0. The van der Waals surface area contributed by atoms with E-state index in [1.54, 1.807) is 0 Å². The molecule has 5 heteroatoms. The summed E-state index contributed by atoms with van der Waals surface area (Å²) in [5.41, 5.74) is 2.23. The second-order valence-corrected chi connectivity index (χ2v) is 7.90. The lowest BCUT2D eigenvalue weighted by molar-refractivity contribution is 0.230. The van der Waals surface area contributed by atoms with Gasteiger partial charge in [-0.15, -0.1) is 6.42 Å². The van der Waals surface area contributed by atoms with E-state index in [0.29, 0.717) is 24.5 Å². The molecule has 0 spiro atoms. The highest BCUT2D eigenvalue weighted by Gasteiger charge is 2.32. The maximum atomic E-state index is 11.6. The summed E-state index contributed by atoms with van der Waals surface area (Å²) < 4.78 is 23.2. The molecular weight excluding hydrogens is 294 g/mol. The normalized spacial score (nSPS) is 21.0. The summed E-state index contributed by atoms with van der Waals surface area (Å²) in [4.78, 5) is 2.07. The highest BCUT2D eigenvalue weighted by Crippen LogP contribution is 2.22. The highest BCUT2D eigenvalue weighted by atomic mass is 35.5. The molecule has 0 aromatic heterocycles. The summed E-state index contributed by atoms with van der Waals surface area (Å²) in [5, 5.41) is 0.707. The van der Waals surface area contributed by atoms with Gasteiger partial charge in [0.1, 0.15) is 0 Å². The quantitative estimate of drug-likeness (QED) is 0.801. The van der Waals surface area contributed by atoms with Gasteiger partial charge in [-0.1, -0.05) is 23.6 Å². The lowest BCUT2D eigenvalue weighted by Gasteiger charge is -2.26. The van der Waals surface area contributed by atoms with Crippen LogP contribution in [0.1, 0.15) is 17.5 Å². The third-order valence-corrected chi connectivity index (χ3v) is 5.68. The smallest absolute Gasteiger partial charge is 0.151 e. The summed E-state index contributed by atoms with van der Waals surface area (Å²) in [7, 11) is -2.90. The third-order valence-electron chi connectivity index (χ3n) is 3.70. The Morgan fingerprint density at radius 2 is 2.25 bits per heavy atom. The molecule has 0 radical (unpaired) electrons. The molecule has 1 aromatic rings. The predicted octanol–water partition coefficient (Wildman–Crippen LogP) is 2.27. The van der Waals surface area contributed by atoms with E-state index < -0.39 is 9.84 Å². The Hall–Kier alpha value is -1.02. The van der Waals surface area contributed by atoms with Crippen molar-refractivity contribution < 1.29 is 8.42 Å². The molecule has 1 aliphatic rings. The van der Waals surface area contributed by atoms with Gasteiger partial charge in [-0.2, -0.15) is 0 Å². The minimum absolute atomic E-state index is 0.0196. The Balaban J connectivity index is 2.16. The van der Waals surface area contributed by atoms with E-state index in [1.807, 2.05) is 25.1 Å². The molecule has 1 saturated heterocycles. The van der Waals surface area contributed by atoms with Crippen molar-refractivity contribution in [2.45, 2.75) is 25.9 Å². The number of halogens is 1. The van der Waals surface area contributed by atoms with Crippen molar-refractivity contribution in [2.75, 3.05) is 18.1 Å². The lowest BCUT2D eigenvalue weighted by Crippen LogP contribution is -2.36. The number of hydrogen-bond acceptors (Lipinski definition) is 3. The van der Waals surface area contributed by atoms with Crippen LogP contribution in [0.5, 0.6) is 0 Å². The van der Waals surface area contributed by atoms with Crippen LogP contribution in [0.2, 0.25) is 5.02 Å². The molecule has 0 amide bonds. The number of sulfone groups is 1. The van der Waals surface area contributed by atoms with Gasteiger partial charge in [-0.05, 0) is 36.6 Å². The van der Waals surface area contributed by atoms with E-state index in [9.17, 15) is 8.42 Å². The second kappa shape index (κ2) is 6.17. The van der Waals surface area contributed by atoms with Gasteiger partial charge in [0.15, 0.2) is 9.84 Å². The monoisotopic (exact) mass is 311 g/mol. The van der Waals surface area contributed by atoms with Gasteiger partial charge in [0.25, 0.3) is 0 Å². The molecule has 0 bridgehead atoms. The molecule has 1 atom stereocenters. The predicted molar refractivity (Wildman–Crippen MR) is 82.5 cm³/mol. The fourth-order valence-corrected chi connectivity index (χ4v) is 4.54. The average molecular weight is 312 g/mol. The van der Waals surface area contributed by atoms with Gasteiger partial charge in [0, 0.05) is 17.6 Å². The summed E-state index contributed by atoms with van der Waals surface area (Å²) in [5.74, 6) is 3.10. The summed E-state index contributed by atoms with van der Waals surface area (Å²) in [6.45, 7) is 3.12. The van der Waals surface area contributed by atoms with Crippen LogP contribution in [0.3, 0.4) is 0 Å². The molecule has 0 N–H and O–H groups in total. The van der Waals surface area contributed by atoms with Crippen molar-refractivity contribution in [3.8, 4) is 12.3 Å². The zero-order valence-corrected chi connectivity index (χ0v) is 13.0. The fourth-order valence-electron chi connectivity index (χ4n) is 2.55. The highest BCUT2D eigenvalue weighted by molar-refractivity contribution is 7.91. The first-order chi connectivity index (χ1) is 9.41. The summed E-state index contributed by atoms with van der Waals surface area (Å²) in [6, 6.07) is 5.76. The first kappa shape index (κ1) is 15.4. The Morgan fingerprint density at radius 3 is 2.80 bits per heavy atom. The molecule has 1 aromatic carbocycles. The van der Waals surface area contributed by atoms with Crippen molar-refractivity contribution in [1.82, 2.24) is 4.90 Å². The van der Waals surface area contributed by atoms with E-state index >= 15 is 0 Å². The topological polar surface area (TPSA) is 37.4 Å². The molecular formula is C15H18ClNO2S. The van der Waals surface area contributed by atoms with Gasteiger partial charge in [0.2, 0.25) is 0 Å². The van der Waals surface area contributed by atoms with E-state index in [2.05, 4.69) is 10.8 Å². The average Bonchev–Trinajstić information content (AvgIpc) is 2.72. The van der Waals surface area contributed by atoms with E-state index in [4.69, 9.17) is 18.0 Å². The Morgan fingerprint density at radius 1 is 1.50 bits per heavy atom. The molecule has 20 heavy (non-hydrogen) atoms. The molecule has 0 saturated carbocycles.